The van der Waals surface area contributed by atoms with E-state index in [2.05, 4.69) is 15.7 Å². The number of carbonyl (C=O) groups is 1. The normalized spacial score (nSPS) is 14.1. The molecular weight excluding hydrogens is 252 g/mol. The summed E-state index contributed by atoms with van der Waals surface area (Å²) in [6, 6.07) is 0. The van der Waals surface area contributed by atoms with Crippen LogP contribution in [0, 0.1) is 12.8 Å². The number of nitrogens with one attached hydrogen (secondary N) is 2. The van der Waals surface area contributed by atoms with E-state index in [1.807, 2.05) is 24.0 Å². The zero-order valence-electron chi connectivity index (χ0n) is 10.7. The van der Waals surface area contributed by atoms with Gasteiger partial charge in [0.1, 0.15) is 0 Å². The van der Waals surface area contributed by atoms with E-state index in [0.29, 0.717) is 13.1 Å². The predicted molar refractivity (Wildman–Crippen MR) is 72.8 cm³/mol. The Kier molecular flexibility index (Phi) is 6.15. The maximum absolute atomic E-state index is 11.4. The van der Waals surface area contributed by atoms with Crippen molar-refractivity contribution < 1.29 is 4.79 Å². The number of carbonyl (C=O) groups excluding carboxylic acids is 1. The van der Waals surface area contributed by atoms with Crippen LogP contribution in [0.25, 0.3) is 0 Å². The highest BCUT2D eigenvalue weighted by molar-refractivity contribution is 5.85. The Bertz CT molecular complexity index is 376. The molecule has 5 nitrogen and oxygen atoms in total. The smallest absolute Gasteiger partial charge is 0.234 e. The van der Waals surface area contributed by atoms with Crippen molar-refractivity contribution in [2.45, 2.75) is 26.3 Å². The van der Waals surface area contributed by atoms with E-state index in [1.165, 1.54) is 12.8 Å². The molecule has 1 aromatic heterocycles. The number of amides is 1. The third-order valence-electron chi connectivity index (χ3n) is 2.84. The first-order valence-electron chi connectivity index (χ1n) is 6.20. The lowest BCUT2D eigenvalue weighted by atomic mass is 10.4. The second-order valence-corrected chi connectivity index (χ2v) is 4.70. The van der Waals surface area contributed by atoms with E-state index in [9.17, 15) is 4.79 Å². The van der Waals surface area contributed by atoms with Gasteiger partial charge in [-0.1, -0.05) is 0 Å². The molecule has 0 spiro atoms. The van der Waals surface area contributed by atoms with Crippen LogP contribution in [0.2, 0.25) is 0 Å². The van der Waals surface area contributed by atoms with Gasteiger partial charge in [0.15, 0.2) is 0 Å². The monoisotopic (exact) mass is 272 g/mol. The van der Waals surface area contributed by atoms with Gasteiger partial charge >= 0.3 is 0 Å². The Morgan fingerprint density at radius 1 is 1.56 bits per heavy atom. The van der Waals surface area contributed by atoms with Gasteiger partial charge in [-0.25, -0.2) is 0 Å². The van der Waals surface area contributed by atoms with Crippen LogP contribution in [0.1, 0.15) is 18.4 Å². The minimum absolute atomic E-state index is 0. The number of hydrogen-bond acceptors (Lipinski definition) is 3. The molecule has 1 heterocycles. The van der Waals surface area contributed by atoms with Crippen LogP contribution in [-0.4, -0.2) is 35.3 Å². The van der Waals surface area contributed by atoms with Crippen LogP contribution in [-0.2, 0) is 11.3 Å². The summed E-state index contributed by atoms with van der Waals surface area (Å²) in [7, 11) is 0. The van der Waals surface area contributed by atoms with Gasteiger partial charge in [0.05, 0.1) is 19.3 Å². The fraction of sp³-hybridized carbons (Fsp3) is 0.667. The van der Waals surface area contributed by atoms with E-state index in [0.717, 1.165) is 24.6 Å². The summed E-state index contributed by atoms with van der Waals surface area (Å²) < 4.78 is 1.84. The molecule has 0 aliphatic heterocycles. The first kappa shape index (κ1) is 15.0. The number of hydrogen-bond donors (Lipinski definition) is 2. The fourth-order valence-electron chi connectivity index (χ4n) is 1.67. The Hall–Kier alpha value is -1.07. The number of aromatic nitrogens is 2. The van der Waals surface area contributed by atoms with Crippen molar-refractivity contribution in [3.63, 3.8) is 0 Å². The van der Waals surface area contributed by atoms with Crippen molar-refractivity contribution >= 4 is 18.3 Å². The third kappa shape index (κ3) is 5.51. The highest BCUT2D eigenvalue weighted by atomic mass is 35.5. The maximum atomic E-state index is 11.4. The summed E-state index contributed by atoms with van der Waals surface area (Å²) in [6.45, 7) is 4.76. The van der Waals surface area contributed by atoms with Gasteiger partial charge in [-0.2, -0.15) is 5.10 Å². The molecule has 2 N–H and O–H groups in total. The summed E-state index contributed by atoms with van der Waals surface area (Å²) in [5, 5.41) is 10.2. The minimum atomic E-state index is 0. The number of rotatable bonds is 7. The average molecular weight is 273 g/mol. The number of aryl methyl sites for hydroxylation is 1. The molecule has 0 unspecified atom stereocenters. The van der Waals surface area contributed by atoms with Crippen LogP contribution >= 0.6 is 12.4 Å². The van der Waals surface area contributed by atoms with Crippen LogP contribution in [0.4, 0.5) is 0 Å². The zero-order chi connectivity index (χ0) is 12.1. The summed E-state index contributed by atoms with van der Waals surface area (Å²) in [4.78, 5) is 11.4. The second kappa shape index (κ2) is 7.38. The molecule has 1 amide bonds. The largest absolute Gasteiger partial charge is 0.353 e. The summed E-state index contributed by atoms with van der Waals surface area (Å²) >= 11 is 0. The van der Waals surface area contributed by atoms with Crippen molar-refractivity contribution in [2.75, 3.05) is 19.6 Å². The molecule has 1 aliphatic rings. The summed E-state index contributed by atoms with van der Waals surface area (Å²) in [6.07, 6.45) is 6.41. The van der Waals surface area contributed by atoms with Crippen LogP contribution < -0.4 is 10.6 Å². The molecule has 0 aromatic carbocycles. The molecule has 1 aliphatic carbocycles. The molecule has 0 radical (unpaired) electrons. The molecule has 1 saturated carbocycles. The Morgan fingerprint density at radius 3 is 2.94 bits per heavy atom. The van der Waals surface area contributed by atoms with E-state index in [4.69, 9.17) is 0 Å². The summed E-state index contributed by atoms with van der Waals surface area (Å²) in [5.74, 6) is 0.879. The number of nitrogens with zero attached hydrogens (tertiary/aromatic N) is 2. The van der Waals surface area contributed by atoms with Crippen molar-refractivity contribution in [1.82, 2.24) is 20.4 Å². The molecule has 6 heteroatoms. The van der Waals surface area contributed by atoms with Crippen LogP contribution in [0.3, 0.4) is 0 Å². The predicted octanol–water partition coefficient (Wildman–Crippen LogP) is 0.729. The van der Waals surface area contributed by atoms with Gasteiger partial charge in [0.2, 0.25) is 5.91 Å². The number of halogens is 1. The molecule has 1 fully saturated rings. The van der Waals surface area contributed by atoms with Crippen molar-refractivity contribution in [3.05, 3.63) is 18.0 Å². The molecule has 18 heavy (non-hydrogen) atoms. The van der Waals surface area contributed by atoms with E-state index in [1.54, 1.807) is 0 Å². The van der Waals surface area contributed by atoms with Crippen LogP contribution in [0.5, 0.6) is 0 Å². The van der Waals surface area contributed by atoms with Crippen molar-refractivity contribution in [3.8, 4) is 0 Å². The average Bonchev–Trinajstić information content (AvgIpc) is 3.02. The molecule has 2 rings (SSSR count). The molecule has 1 aromatic rings. The lowest BCUT2D eigenvalue weighted by Gasteiger charge is -2.06. The van der Waals surface area contributed by atoms with Gasteiger partial charge < -0.3 is 10.6 Å². The van der Waals surface area contributed by atoms with E-state index in [-0.39, 0.29) is 18.3 Å². The van der Waals surface area contributed by atoms with Gasteiger partial charge in [0, 0.05) is 12.7 Å². The van der Waals surface area contributed by atoms with Crippen LogP contribution in [0.15, 0.2) is 12.4 Å². The SMILES string of the molecule is Cc1cnn(CCNC(=O)CNCC2CC2)c1.Cl. The Labute approximate surface area is 114 Å². The second-order valence-electron chi connectivity index (χ2n) is 4.70. The standard InChI is InChI=1S/C12H20N4O.ClH/c1-10-6-15-16(9-10)5-4-14-12(17)8-13-7-11-2-3-11;/h6,9,11,13H,2-5,7-8H2,1H3,(H,14,17);1H. The third-order valence-corrected chi connectivity index (χ3v) is 2.84. The lowest BCUT2D eigenvalue weighted by molar-refractivity contribution is -0.120. The first-order chi connectivity index (χ1) is 8.24. The lowest BCUT2D eigenvalue weighted by Crippen LogP contribution is -2.36. The maximum Gasteiger partial charge on any atom is 0.234 e. The Morgan fingerprint density at radius 2 is 2.33 bits per heavy atom. The summed E-state index contributed by atoms with van der Waals surface area (Å²) in [5.41, 5.74) is 1.14. The van der Waals surface area contributed by atoms with E-state index >= 15 is 0 Å². The highest BCUT2D eigenvalue weighted by Gasteiger charge is 2.20. The molecule has 0 saturated heterocycles. The van der Waals surface area contributed by atoms with Gasteiger partial charge in [-0.05, 0) is 37.8 Å². The first-order valence-corrected chi connectivity index (χ1v) is 6.20. The highest BCUT2D eigenvalue weighted by Crippen LogP contribution is 2.27. The van der Waals surface area contributed by atoms with Crippen molar-refractivity contribution in [2.24, 2.45) is 5.92 Å². The zero-order valence-corrected chi connectivity index (χ0v) is 11.5. The fourth-order valence-corrected chi connectivity index (χ4v) is 1.67. The minimum Gasteiger partial charge on any atom is -0.353 e. The molecule has 0 atom stereocenters. The van der Waals surface area contributed by atoms with Gasteiger partial charge in [-0.15, -0.1) is 12.4 Å². The topological polar surface area (TPSA) is 59.0 Å². The van der Waals surface area contributed by atoms with E-state index < -0.39 is 0 Å². The Balaban J connectivity index is 0.00000162. The molecule has 0 bridgehead atoms. The quantitative estimate of drug-likeness (QED) is 0.769. The van der Waals surface area contributed by atoms with Crippen molar-refractivity contribution in [1.29, 1.82) is 0 Å². The molecular formula is C12H21ClN4O. The van der Waals surface area contributed by atoms with Gasteiger partial charge in [-0.3, -0.25) is 9.48 Å². The van der Waals surface area contributed by atoms with Gasteiger partial charge in [0.25, 0.3) is 0 Å². The molecule has 102 valence electrons.